The Morgan fingerprint density at radius 1 is 1.41 bits per heavy atom. The summed E-state index contributed by atoms with van der Waals surface area (Å²) in [5.41, 5.74) is 2.22. The van der Waals surface area contributed by atoms with Crippen LogP contribution in [0.3, 0.4) is 0 Å². The van der Waals surface area contributed by atoms with E-state index in [0.29, 0.717) is 17.9 Å². The van der Waals surface area contributed by atoms with Crippen molar-refractivity contribution in [3.05, 3.63) is 23.3 Å². The largest absolute Gasteiger partial charge is 0.493 e. The molecular weight excluding hydrogens is 278 g/mol. The van der Waals surface area contributed by atoms with Crippen LogP contribution in [0.25, 0.3) is 0 Å². The molecule has 0 amide bonds. The van der Waals surface area contributed by atoms with Crippen LogP contribution in [0.1, 0.15) is 24.5 Å². The molecule has 0 bridgehead atoms. The molecule has 2 rings (SSSR count). The van der Waals surface area contributed by atoms with Crippen LogP contribution in [0.5, 0.6) is 5.75 Å². The second-order valence-corrected chi connectivity index (χ2v) is 5.29. The van der Waals surface area contributed by atoms with Crippen molar-refractivity contribution in [1.29, 1.82) is 5.26 Å². The summed E-state index contributed by atoms with van der Waals surface area (Å²) in [6, 6.07) is 5.85. The minimum Gasteiger partial charge on any atom is -0.493 e. The topological polar surface area (TPSA) is 57.9 Å². The van der Waals surface area contributed by atoms with E-state index in [1.807, 2.05) is 26.0 Å². The summed E-state index contributed by atoms with van der Waals surface area (Å²) < 4.78 is 11.2. The maximum absolute atomic E-state index is 9.14. The Labute approximate surface area is 132 Å². The third-order valence-electron chi connectivity index (χ3n) is 3.66. The normalized spacial score (nSPS) is 15.9. The van der Waals surface area contributed by atoms with Gasteiger partial charge in [-0.2, -0.15) is 5.26 Å². The Hall–Kier alpha value is -1.90. The maximum Gasteiger partial charge on any atom is 0.124 e. The van der Waals surface area contributed by atoms with E-state index in [-0.39, 0.29) is 0 Å². The number of benzene rings is 1. The molecule has 1 saturated heterocycles. The van der Waals surface area contributed by atoms with Crippen LogP contribution in [0.2, 0.25) is 0 Å². The van der Waals surface area contributed by atoms with Gasteiger partial charge in [0.05, 0.1) is 31.1 Å². The molecule has 0 radical (unpaired) electrons. The van der Waals surface area contributed by atoms with E-state index in [1.165, 1.54) is 0 Å². The van der Waals surface area contributed by atoms with Crippen molar-refractivity contribution in [3.8, 4) is 11.8 Å². The zero-order chi connectivity index (χ0) is 15.8. The van der Waals surface area contributed by atoms with Crippen LogP contribution in [0.15, 0.2) is 17.1 Å². The van der Waals surface area contributed by atoms with Gasteiger partial charge in [-0.05, 0) is 31.9 Å². The molecule has 0 atom stereocenters. The van der Waals surface area contributed by atoms with Gasteiger partial charge in [-0.3, -0.25) is 9.89 Å². The van der Waals surface area contributed by atoms with Gasteiger partial charge in [-0.25, -0.2) is 0 Å². The lowest BCUT2D eigenvalue weighted by Crippen LogP contribution is -2.37. The predicted octanol–water partition coefficient (Wildman–Crippen LogP) is 2.69. The van der Waals surface area contributed by atoms with Crippen molar-refractivity contribution in [2.24, 2.45) is 4.99 Å². The number of hydrogen-bond donors (Lipinski definition) is 0. The Morgan fingerprint density at radius 2 is 2.18 bits per heavy atom. The van der Waals surface area contributed by atoms with E-state index < -0.39 is 0 Å². The van der Waals surface area contributed by atoms with Gasteiger partial charge in [-0.15, -0.1) is 0 Å². The zero-order valence-corrected chi connectivity index (χ0v) is 13.3. The van der Waals surface area contributed by atoms with Crippen molar-refractivity contribution >= 4 is 11.9 Å². The summed E-state index contributed by atoms with van der Waals surface area (Å²) in [6.45, 7) is 9.15. The van der Waals surface area contributed by atoms with Gasteiger partial charge in [0.1, 0.15) is 11.8 Å². The van der Waals surface area contributed by atoms with Gasteiger partial charge in [0.25, 0.3) is 0 Å². The fraction of sp³-hybridized carbons (Fsp3) is 0.529. The molecule has 5 nitrogen and oxygen atoms in total. The third kappa shape index (κ3) is 4.55. The van der Waals surface area contributed by atoms with Crippen LogP contribution < -0.4 is 4.74 Å². The number of morpholine rings is 1. The molecule has 0 unspecified atom stereocenters. The molecule has 1 aliphatic rings. The summed E-state index contributed by atoms with van der Waals surface area (Å²) >= 11 is 0. The summed E-state index contributed by atoms with van der Waals surface area (Å²) in [5.74, 6) is 0.807. The molecule has 0 aliphatic carbocycles. The highest BCUT2D eigenvalue weighted by Crippen LogP contribution is 2.28. The number of aryl methyl sites for hydroxylation is 1. The van der Waals surface area contributed by atoms with Crippen molar-refractivity contribution in [2.75, 3.05) is 39.5 Å². The van der Waals surface area contributed by atoms with Crippen molar-refractivity contribution in [2.45, 2.75) is 20.3 Å². The van der Waals surface area contributed by atoms with Crippen LogP contribution in [0.4, 0.5) is 5.69 Å². The number of aliphatic imine (C=N–C) groups is 1. The molecule has 1 aromatic rings. The molecule has 118 valence electrons. The van der Waals surface area contributed by atoms with E-state index in [2.05, 4.69) is 16.0 Å². The number of hydrogen-bond acceptors (Lipinski definition) is 5. The summed E-state index contributed by atoms with van der Waals surface area (Å²) in [6.07, 6.45) is 2.67. The number of rotatable bonds is 6. The molecule has 22 heavy (non-hydrogen) atoms. The van der Waals surface area contributed by atoms with Crippen LogP contribution in [0, 0.1) is 18.3 Å². The smallest absolute Gasteiger partial charge is 0.124 e. The van der Waals surface area contributed by atoms with Crippen LogP contribution in [-0.2, 0) is 4.74 Å². The number of nitriles is 1. The first-order chi connectivity index (χ1) is 10.7. The van der Waals surface area contributed by atoms with Crippen LogP contribution >= 0.6 is 0 Å². The molecule has 0 spiro atoms. The molecular formula is C17H23N3O2. The molecule has 0 aromatic heterocycles. The number of ether oxygens (including phenoxy) is 2. The van der Waals surface area contributed by atoms with Crippen LogP contribution in [-0.4, -0.2) is 50.6 Å². The van der Waals surface area contributed by atoms with E-state index in [1.54, 1.807) is 6.21 Å². The molecule has 1 aromatic carbocycles. The molecule has 0 saturated carbocycles. The van der Waals surface area contributed by atoms with Crippen molar-refractivity contribution in [3.63, 3.8) is 0 Å². The standard InChI is InChI=1S/C17H23N3O2/c1-3-19-16-12-17(14(2)11-15(16)13-18)22-8-4-5-20-6-9-21-10-7-20/h3,11-12H,4-10H2,1-2H3. The van der Waals surface area contributed by atoms with E-state index in [4.69, 9.17) is 14.7 Å². The monoisotopic (exact) mass is 301 g/mol. The first kappa shape index (κ1) is 16.5. The third-order valence-corrected chi connectivity index (χ3v) is 3.66. The van der Waals surface area contributed by atoms with E-state index in [0.717, 1.165) is 50.6 Å². The predicted molar refractivity (Wildman–Crippen MR) is 87.1 cm³/mol. The quantitative estimate of drug-likeness (QED) is 0.599. The van der Waals surface area contributed by atoms with Gasteiger partial charge in [0, 0.05) is 31.9 Å². The SMILES string of the molecule is CC=Nc1cc(OCCCN2CCOCC2)c(C)cc1C#N. The van der Waals surface area contributed by atoms with Gasteiger partial charge < -0.3 is 9.47 Å². The average Bonchev–Trinajstić information content (AvgIpc) is 2.55. The first-order valence-electron chi connectivity index (χ1n) is 7.71. The van der Waals surface area contributed by atoms with Gasteiger partial charge >= 0.3 is 0 Å². The Bertz CT molecular complexity index is 558. The molecule has 1 aliphatic heterocycles. The summed E-state index contributed by atoms with van der Waals surface area (Å²) in [4.78, 5) is 6.63. The van der Waals surface area contributed by atoms with Gasteiger partial charge in [0.15, 0.2) is 0 Å². The molecule has 0 N–H and O–H groups in total. The summed E-state index contributed by atoms with van der Waals surface area (Å²) in [7, 11) is 0. The zero-order valence-electron chi connectivity index (χ0n) is 13.3. The Morgan fingerprint density at radius 3 is 2.86 bits per heavy atom. The molecule has 1 heterocycles. The Kier molecular flexibility index (Phi) is 6.38. The summed E-state index contributed by atoms with van der Waals surface area (Å²) in [5, 5.41) is 9.14. The lowest BCUT2D eigenvalue weighted by Gasteiger charge is -2.26. The molecule has 1 fully saturated rings. The second-order valence-electron chi connectivity index (χ2n) is 5.29. The highest BCUT2D eigenvalue weighted by molar-refractivity contribution is 5.67. The van der Waals surface area contributed by atoms with E-state index in [9.17, 15) is 0 Å². The Balaban J connectivity index is 1.89. The minimum absolute atomic E-state index is 0.580. The lowest BCUT2D eigenvalue weighted by molar-refractivity contribution is 0.0358. The lowest BCUT2D eigenvalue weighted by atomic mass is 10.1. The fourth-order valence-corrected chi connectivity index (χ4v) is 2.46. The average molecular weight is 301 g/mol. The minimum atomic E-state index is 0.580. The highest BCUT2D eigenvalue weighted by atomic mass is 16.5. The van der Waals surface area contributed by atoms with Gasteiger partial charge in [0.2, 0.25) is 0 Å². The number of nitrogens with zero attached hydrogens (tertiary/aromatic N) is 3. The molecule has 5 heteroatoms. The van der Waals surface area contributed by atoms with Gasteiger partial charge in [-0.1, -0.05) is 0 Å². The van der Waals surface area contributed by atoms with Crippen molar-refractivity contribution < 1.29 is 9.47 Å². The maximum atomic E-state index is 9.14. The fourth-order valence-electron chi connectivity index (χ4n) is 2.46. The first-order valence-corrected chi connectivity index (χ1v) is 7.71. The van der Waals surface area contributed by atoms with Crippen molar-refractivity contribution in [1.82, 2.24) is 4.90 Å². The van der Waals surface area contributed by atoms with E-state index >= 15 is 0 Å². The highest BCUT2D eigenvalue weighted by Gasteiger charge is 2.10. The second kappa shape index (κ2) is 8.52.